The van der Waals surface area contributed by atoms with Crippen LogP contribution in [0.1, 0.15) is 15.9 Å². The van der Waals surface area contributed by atoms with Gasteiger partial charge in [0.15, 0.2) is 10.7 Å². The number of hydrogen-bond acceptors (Lipinski definition) is 5. The summed E-state index contributed by atoms with van der Waals surface area (Å²) in [5.41, 5.74) is 4.33. The predicted molar refractivity (Wildman–Crippen MR) is 126 cm³/mol. The molecule has 0 saturated heterocycles. The second kappa shape index (κ2) is 8.75. The largest absolute Gasteiger partial charge is 0.495 e. The third kappa shape index (κ3) is 4.38. The number of carbonyl (C=O) groups excluding carboxylic acids is 1. The van der Waals surface area contributed by atoms with Crippen LogP contribution < -0.4 is 15.4 Å². The number of anilines is 1. The molecule has 6 nitrogen and oxygen atoms in total. The van der Waals surface area contributed by atoms with Crippen molar-refractivity contribution in [3.05, 3.63) is 76.8 Å². The second-order valence-electron chi connectivity index (χ2n) is 6.72. The molecule has 0 aliphatic rings. The molecule has 1 amide bonds. The molecule has 0 fully saturated rings. The van der Waals surface area contributed by atoms with Crippen LogP contribution in [0, 0.1) is 6.92 Å². The van der Waals surface area contributed by atoms with Gasteiger partial charge in [0.1, 0.15) is 11.3 Å². The highest BCUT2D eigenvalue weighted by Gasteiger charge is 2.15. The molecule has 31 heavy (non-hydrogen) atoms. The van der Waals surface area contributed by atoms with Crippen molar-refractivity contribution in [3.63, 3.8) is 0 Å². The fraction of sp³-hybridized carbons (Fsp3) is 0.0870. The van der Waals surface area contributed by atoms with Gasteiger partial charge in [-0.3, -0.25) is 10.1 Å². The number of oxazole rings is 1. The van der Waals surface area contributed by atoms with Gasteiger partial charge < -0.3 is 14.5 Å². The van der Waals surface area contributed by atoms with Gasteiger partial charge in [-0.2, -0.15) is 0 Å². The fourth-order valence-electron chi connectivity index (χ4n) is 3.13. The van der Waals surface area contributed by atoms with Crippen molar-refractivity contribution in [1.82, 2.24) is 10.3 Å². The Morgan fingerprint density at radius 2 is 1.94 bits per heavy atom. The predicted octanol–water partition coefficient (Wildman–Crippen LogP) is 5.59. The number of rotatable bonds is 4. The third-order valence-electron chi connectivity index (χ3n) is 4.75. The summed E-state index contributed by atoms with van der Waals surface area (Å²) in [5.74, 6) is 0.630. The first-order chi connectivity index (χ1) is 15.0. The summed E-state index contributed by atoms with van der Waals surface area (Å²) in [4.78, 5) is 17.1. The zero-order chi connectivity index (χ0) is 22.0. The SMILES string of the molecule is COc1ccc(C(=O)NC(=S)Nc2cccc(-c3nc4ccccc4o3)c2C)cc1Cl. The number of methoxy groups -OCH3 is 1. The van der Waals surface area contributed by atoms with Crippen LogP contribution in [0.3, 0.4) is 0 Å². The topological polar surface area (TPSA) is 76.4 Å². The van der Waals surface area contributed by atoms with E-state index in [4.69, 9.17) is 33.0 Å². The van der Waals surface area contributed by atoms with Gasteiger partial charge in [0.25, 0.3) is 5.91 Å². The van der Waals surface area contributed by atoms with E-state index in [9.17, 15) is 4.79 Å². The third-order valence-corrected chi connectivity index (χ3v) is 5.25. The number of amides is 1. The number of ether oxygens (including phenoxy) is 1. The zero-order valence-corrected chi connectivity index (χ0v) is 18.3. The number of carbonyl (C=O) groups is 1. The lowest BCUT2D eigenvalue weighted by Gasteiger charge is -2.13. The van der Waals surface area contributed by atoms with Crippen molar-refractivity contribution in [3.8, 4) is 17.2 Å². The van der Waals surface area contributed by atoms with Gasteiger partial charge in [0.05, 0.1) is 12.1 Å². The van der Waals surface area contributed by atoms with Gasteiger partial charge in [-0.05, 0) is 67.2 Å². The Bertz CT molecular complexity index is 1270. The van der Waals surface area contributed by atoms with Gasteiger partial charge in [-0.1, -0.05) is 29.8 Å². The fourth-order valence-corrected chi connectivity index (χ4v) is 3.59. The molecule has 0 radical (unpaired) electrons. The number of para-hydroxylation sites is 2. The van der Waals surface area contributed by atoms with Crippen LogP contribution in [0.5, 0.6) is 5.75 Å². The molecule has 0 aliphatic carbocycles. The van der Waals surface area contributed by atoms with E-state index in [1.54, 1.807) is 12.1 Å². The van der Waals surface area contributed by atoms with Crippen LogP contribution in [-0.2, 0) is 0 Å². The summed E-state index contributed by atoms with van der Waals surface area (Å²) < 4.78 is 11.0. The first kappa shape index (κ1) is 20.8. The molecule has 0 saturated carbocycles. The molecule has 2 N–H and O–H groups in total. The minimum Gasteiger partial charge on any atom is -0.495 e. The van der Waals surface area contributed by atoms with E-state index in [1.165, 1.54) is 13.2 Å². The van der Waals surface area contributed by atoms with Crippen molar-refractivity contribution in [2.24, 2.45) is 0 Å². The van der Waals surface area contributed by atoms with Gasteiger partial charge in [-0.25, -0.2) is 4.98 Å². The number of nitrogens with one attached hydrogen (secondary N) is 2. The summed E-state index contributed by atoms with van der Waals surface area (Å²) in [6.45, 7) is 1.93. The van der Waals surface area contributed by atoms with Crippen molar-refractivity contribution >= 4 is 51.6 Å². The lowest BCUT2D eigenvalue weighted by atomic mass is 10.1. The minimum absolute atomic E-state index is 0.162. The van der Waals surface area contributed by atoms with Crippen LogP contribution >= 0.6 is 23.8 Å². The molecule has 4 aromatic rings. The maximum absolute atomic E-state index is 12.5. The molecule has 0 spiro atoms. The molecule has 0 aliphatic heterocycles. The molecule has 8 heteroatoms. The number of benzene rings is 3. The van der Waals surface area contributed by atoms with Crippen LogP contribution in [-0.4, -0.2) is 23.1 Å². The summed E-state index contributed by atoms with van der Waals surface area (Å²) in [7, 11) is 1.51. The lowest BCUT2D eigenvalue weighted by molar-refractivity contribution is 0.0977. The van der Waals surface area contributed by atoms with Gasteiger partial charge in [0, 0.05) is 16.8 Å². The first-order valence-corrected chi connectivity index (χ1v) is 10.2. The van der Waals surface area contributed by atoms with E-state index in [-0.39, 0.29) is 11.0 Å². The van der Waals surface area contributed by atoms with Crippen molar-refractivity contribution in [2.75, 3.05) is 12.4 Å². The molecule has 1 aromatic heterocycles. The summed E-state index contributed by atoms with van der Waals surface area (Å²) in [6, 6.07) is 18.0. The number of fused-ring (bicyclic) bond motifs is 1. The Balaban J connectivity index is 1.51. The molecule has 156 valence electrons. The standard InChI is InChI=1S/C23H18ClN3O3S/c1-13-15(22-25-18-7-3-4-9-20(18)30-22)6-5-8-17(13)26-23(31)27-21(28)14-10-11-19(29-2)16(24)12-14/h3-12H,1-2H3,(H2,26,27,28,31). The number of halogens is 1. The maximum Gasteiger partial charge on any atom is 0.257 e. The average molecular weight is 452 g/mol. The Hall–Kier alpha value is -3.42. The molecular formula is C23H18ClN3O3S. The highest BCUT2D eigenvalue weighted by molar-refractivity contribution is 7.80. The normalized spacial score (nSPS) is 10.7. The van der Waals surface area contributed by atoms with Gasteiger partial charge >= 0.3 is 0 Å². The van der Waals surface area contributed by atoms with E-state index in [0.29, 0.717) is 22.2 Å². The van der Waals surface area contributed by atoms with Gasteiger partial charge in [-0.15, -0.1) is 0 Å². The van der Waals surface area contributed by atoms with Crippen LogP contribution in [0.4, 0.5) is 5.69 Å². The Labute approximate surface area is 189 Å². The first-order valence-electron chi connectivity index (χ1n) is 9.37. The van der Waals surface area contributed by atoms with E-state index in [1.807, 2.05) is 49.4 Å². The zero-order valence-electron chi connectivity index (χ0n) is 16.7. The van der Waals surface area contributed by atoms with E-state index in [0.717, 1.165) is 27.9 Å². The van der Waals surface area contributed by atoms with Crippen molar-refractivity contribution in [1.29, 1.82) is 0 Å². The van der Waals surface area contributed by atoms with E-state index in [2.05, 4.69) is 15.6 Å². The smallest absolute Gasteiger partial charge is 0.257 e. The lowest BCUT2D eigenvalue weighted by Crippen LogP contribution is -2.34. The molecule has 3 aromatic carbocycles. The highest BCUT2D eigenvalue weighted by Crippen LogP contribution is 2.30. The quantitative estimate of drug-likeness (QED) is 0.394. The summed E-state index contributed by atoms with van der Waals surface area (Å²) >= 11 is 11.4. The molecule has 4 rings (SSSR count). The van der Waals surface area contributed by atoms with E-state index >= 15 is 0 Å². The monoisotopic (exact) mass is 451 g/mol. The van der Waals surface area contributed by atoms with Crippen molar-refractivity contribution in [2.45, 2.75) is 6.92 Å². The number of aromatic nitrogens is 1. The van der Waals surface area contributed by atoms with Crippen LogP contribution in [0.25, 0.3) is 22.6 Å². The van der Waals surface area contributed by atoms with Crippen LogP contribution in [0.15, 0.2) is 65.1 Å². The van der Waals surface area contributed by atoms with Crippen molar-refractivity contribution < 1.29 is 13.9 Å². The van der Waals surface area contributed by atoms with Crippen LogP contribution in [0.2, 0.25) is 5.02 Å². The Morgan fingerprint density at radius 3 is 2.68 bits per heavy atom. The summed E-state index contributed by atoms with van der Waals surface area (Å²) in [5, 5.41) is 6.23. The Morgan fingerprint density at radius 1 is 1.13 bits per heavy atom. The number of thiocarbonyl (C=S) groups is 1. The molecule has 0 bridgehead atoms. The molecule has 1 heterocycles. The Kier molecular flexibility index (Phi) is 5.88. The minimum atomic E-state index is -0.380. The van der Waals surface area contributed by atoms with Gasteiger partial charge in [0.2, 0.25) is 5.89 Å². The molecule has 0 atom stereocenters. The molecule has 0 unspecified atom stereocenters. The summed E-state index contributed by atoms with van der Waals surface area (Å²) in [6.07, 6.45) is 0. The van der Waals surface area contributed by atoms with E-state index < -0.39 is 0 Å². The maximum atomic E-state index is 12.5. The molecular weight excluding hydrogens is 434 g/mol. The highest BCUT2D eigenvalue weighted by atomic mass is 35.5. The number of hydrogen-bond donors (Lipinski definition) is 2. The average Bonchev–Trinajstić information content (AvgIpc) is 3.19. The second-order valence-corrected chi connectivity index (χ2v) is 7.54. The number of nitrogens with zero attached hydrogens (tertiary/aromatic N) is 1.